The van der Waals surface area contributed by atoms with Gasteiger partial charge in [0.05, 0.1) is 23.1 Å². The first kappa shape index (κ1) is 19.7. The second-order valence-corrected chi connectivity index (χ2v) is 8.67. The Morgan fingerprint density at radius 2 is 1.96 bits per heavy atom. The van der Waals surface area contributed by atoms with E-state index in [1.807, 2.05) is 0 Å². The van der Waals surface area contributed by atoms with Gasteiger partial charge in [0.2, 0.25) is 10.0 Å². The number of benzene rings is 2. The third-order valence-electron chi connectivity index (χ3n) is 4.17. The van der Waals surface area contributed by atoms with Gasteiger partial charge in [-0.2, -0.15) is 4.31 Å². The predicted octanol–water partition coefficient (Wildman–Crippen LogP) is 3.82. The number of halogens is 2. The third-order valence-corrected chi connectivity index (χ3v) is 6.49. The molecule has 1 aliphatic rings. The highest BCUT2D eigenvalue weighted by molar-refractivity contribution is 9.10. The lowest BCUT2D eigenvalue weighted by Gasteiger charge is -2.26. The minimum Gasteiger partial charge on any atom is -0.463 e. The molecule has 0 amide bonds. The average Bonchev–Trinajstić information content (AvgIpc) is 3.08. The zero-order valence-corrected chi connectivity index (χ0v) is 16.8. The molecule has 0 spiro atoms. The molecule has 0 aliphatic carbocycles. The number of nitrogens with zero attached hydrogens (tertiary/aromatic N) is 1. The lowest BCUT2D eigenvalue weighted by molar-refractivity contribution is -0.138. The first-order valence-corrected chi connectivity index (χ1v) is 10.5. The molecule has 3 rings (SSSR count). The molecule has 1 unspecified atom stereocenters. The van der Waals surface area contributed by atoms with Gasteiger partial charge in [0.25, 0.3) is 0 Å². The quantitative estimate of drug-likeness (QED) is 0.645. The molecule has 0 saturated carbocycles. The summed E-state index contributed by atoms with van der Waals surface area (Å²) in [4.78, 5) is 12.5. The molecule has 2 aromatic rings. The fraction of sp³-hybridized carbons (Fsp3) is 0.211. The average molecular weight is 454 g/mol. The van der Waals surface area contributed by atoms with E-state index in [0.29, 0.717) is 10.0 Å². The molecule has 142 valence electrons. The van der Waals surface area contributed by atoms with Crippen molar-refractivity contribution < 1.29 is 22.3 Å². The smallest absolute Gasteiger partial charge is 0.335 e. The number of hydrogen-bond acceptors (Lipinski definition) is 4. The zero-order chi connectivity index (χ0) is 19.6. The van der Waals surface area contributed by atoms with Crippen molar-refractivity contribution in [1.29, 1.82) is 0 Å². The van der Waals surface area contributed by atoms with E-state index in [1.54, 1.807) is 25.1 Å². The van der Waals surface area contributed by atoms with Crippen molar-refractivity contribution in [3.8, 4) is 0 Å². The molecule has 0 radical (unpaired) electrons. The van der Waals surface area contributed by atoms with Gasteiger partial charge < -0.3 is 4.74 Å². The van der Waals surface area contributed by atoms with Gasteiger partial charge in [0.1, 0.15) is 5.82 Å². The molecular formula is C19H17BrFNO4S. The van der Waals surface area contributed by atoms with Crippen molar-refractivity contribution in [3.05, 3.63) is 76.0 Å². The fourth-order valence-corrected chi connectivity index (χ4v) is 5.09. The van der Waals surface area contributed by atoms with Gasteiger partial charge in [-0.15, -0.1) is 0 Å². The maximum Gasteiger partial charge on any atom is 0.335 e. The molecule has 1 atom stereocenters. The first-order chi connectivity index (χ1) is 12.8. The van der Waals surface area contributed by atoms with Crippen LogP contribution in [0.2, 0.25) is 0 Å². The van der Waals surface area contributed by atoms with Gasteiger partial charge in [0.15, 0.2) is 0 Å². The predicted molar refractivity (Wildman–Crippen MR) is 102 cm³/mol. The van der Waals surface area contributed by atoms with Crippen molar-refractivity contribution in [1.82, 2.24) is 4.31 Å². The Hall–Kier alpha value is -2.03. The van der Waals surface area contributed by atoms with Crippen LogP contribution in [0.3, 0.4) is 0 Å². The Labute approximate surface area is 165 Å². The molecule has 0 fully saturated rings. The molecule has 0 bridgehead atoms. The number of carbonyl (C=O) groups is 1. The van der Waals surface area contributed by atoms with Crippen molar-refractivity contribution >= 4 is 31.9 Å². The first-order valence-electron chi connectivity index (χ1n) is 8.24. The summed E-state index contributed by atoms with van der Waals surface area (Å²) in [6.45, 7) is 1.87. The van der Waals surface area contributed by atoms with Crippen LogP contribution in [0.4, 0.5) is 4.39 Å². The molecule has 8 heteroatoms. The molecule has 1 aliphatic heterocycles. The van der Waals surface area contributed by atoms with Gasteiger partial charge in [-0.25, -0.2) is 17.6 Å². The normalized spacial score (nSPS) is 17.6. The maximum atomic E-state index is 13.3. The fourth-order valence-electron chi connectivity index (χ4n) is 2.96. The minimum absolute atomic E-state index is 0.0189. The van der Waals surface area contributed by atoms with Gasteiger partial charge in [-0.3, -0.25) is 0 Å². The molecular weight excluding hydrogens is 437 g/mol. The van der Waals surface area contributed by atoms with Crippen LogP contribution in [-0.4, -0.2) is 31.8 Å². The van der Waals surface area contributed by atoms with Crippen LogP contribution in [0.25, 0.3) is 0 Å². The number of hydrogen-bond donors (Lipinski definition) is 0. The van der Waals surface area contributed by atoms with Gasteiger partial charge in [0, 0.05) is 11.0 Å². The Morgan fingerprint density at radius 1 is 1.26 bits per heavy atom. The Balaban J connectivity index is 2.06. The number of rotatable bonds is 5. The van der Waals surface area contributed by atoms with Gasteiger partial charge in [-0.05, 0) is 42.8 Å². The summed E-state index contributed by atoms with van der Waals surface area (Å²) in [7, 11) is -3.90. The summed E-state index contributed by atoms with van der Waals surface area (Å²) >= 11 is 3.28. The second kappa shape index (κ2) is 7.92. The number of sulfonamides is 1. The second-order valence-electron chi connectivity index (χ2n) is 5.87. The molecule has 27 heavy (non-hydrogen) atoms. The summed E-state index contributed by atoms with van der Waals surface area (Å²) in [5.41, 5.74) is 0.716. The Morgan fingerprint density at radius 3 is 2.59 bits per heavy atom. The summed E-state index contributed by atoms with van der Waals surface area (Å²) in [5.74, 6) is -1.03. The highest BCUT2D eigenvalue weighted by Crippen LogP contribution is 2.38. The van der Waals surface area contributed by atoms with E-state index < -0.39 is 27.9 Å². The van der Waals surface area contributed by atoms with Gasteiger partial charge in [-0.1, -0.05) is 40.2 Å². The zero-order valence-electron chi connectivity index (χ0n) is 14.4. The van der Waals surface area contributed by atoms with Crippen LogP contribution in [0, 0.1) is 5.82 Å². The van der Waals surface area contributed by atoms with E-state index in [9.17, 15) is 17.6 Å². The number of esters is 1. The monoisotopic (exact) mass is 453 g/mol. The van der Waals surface area contributed by atoms with E-state index in [2.05, 4.69) is 15.9 Å². The topological polar surface area (TPSA) is 63.7 Å². The van der Waals surface area contributed by atoms with Crippen LogP contribution in [0.1, 0.15) is 18.5 Å². The summed E-state index contributed by atoms with van der Waals surface area (Å²) in [6.07, 6.45) is 1.54. The van der Waals surface area contributed by atoms with Crippen molar-refractivity contribution in [2.45, 2.75) is 17.9 Å². The summed E-state index contributed by atoms with van der Waals surface area (Å²) < 4.78 is 46.7. The van der Waals surface area contributed by atoms with Crippen LogP contribution in [-0.2, 0) is 19.6 Å². The van der Waals surface area contributed by atoms with Crippen LogP contribution in [0.15, 0.2) is 69.5 Å². The molecule has 0 N–H and O–H groups in total. The van der Waals surface area contributed by atoms with E-state index in [1.165, 1.54) is 40.7 Å². The Kier molecular flexibility index (Phi) is 5.78. The van der Waals surface area contributed by atoms with E-state index in [4.69, 9.17) is 4.74 Å². The largest absolute Gasteiger partial charge is 0.463 e. The standard InChI is InChI=1S/C19H17BrFNO4S/c1-2-26-19(23)17-10-11-22(18(17)13-6-8-15(21)9-7-13)27(24,25)16-5-3-4-14(20)12-16/h3-10,12,18H,2,11H2,1H3. The van der Waals surface area contributed by atoms with E-state index in [-0.39, 0.29) is 23.6 Å². The van der Waals surface area contributed by atoms with Crippen molar-refractivity contribution in [2.75, 3.05) is 13.2 Å². The van der Waals surface area contributed by atoms with Crippen molar-refractivity contribution in [3.63, 3.8) is 0 Å². The minimum atomic E-state index is -3.90. The van der Waals surface area contributed by atoms with E-state index >= 15 is 0 Å². The summed E-state index contributed by atoms with van der Waals surface area (Å²) in [5, 5.41) is 0. The lowest BCUT2D eigenvalue weighted by Crippen LogP contribution is -2.33. The van der Waals surface area contributed by atoms with Gasteiger partial charge >= 0.3 is 5.97 Å². The molecule has 1 heterocycles. The molecule has 2 aromatic carbocycles. The molecule has 0 saturated heterocycles. The van der Waals surface area contributed by atoms with Crippen molar-refractivity contribution in [2.24, 2.45) is 0 Å². The third kappa shape index (κ3) is 3.97. The molecule has 0 aromatic heterocycles. The van der Waals surface area contributed by atoms with E-state index in [0.717, 1.165) is 0 Å². The van der Waals surface area contributed by atoms with Crippen LogP contribution < -0.4 is 0 Å². The van der Waals surface area contributed by atoms with Crippen LogP contribution in [0.5, 0.6) is 0 Å². The Bertz CT molecular complexity index is 989. The molecule has 5 nitrogen and oxygen atoms in total. The van der Waals surface area contributed by atoms with Crippen LogP contribution >= 0.6 is 15.9 Å². The maximum absolute atomic E-state index is 13.3. The SMILES string of the molecule is CCOC(=O)C1=CCN(S(=O)(=O)c2cccc(Br)c2)C1c1ccc(F)cc1. The summed E-state index contributed by atoms with van der Waals surface area (Å²) in [6, 6.07) is 10.9. The number of ether oxygens (including phenoxy) is 1. The highest BCUT2D eigenvalue weighted by atomic mass is 79.9. The lowest BCUT2D eigenvalue weighted by atomic mass is 10.0. The number of carbonyl (C=O) groups excluding carboxylic acids is 1. The highest BCUT2D eigenvalue weighted by Gasteiger charge is 2.41.